The summed E-state index contributed by atoms with van der Waals surface area (Å²) >= 11 is 2.96. The van der Waals surface area contributed by atoms with Crippen molar-refractivity contribution in [1.29, 1.82) is 0 Å². The summed E-state index contributed by atoms with van der Waals surface area (Å²) in [5, 5.41) is 11.0. The average molecular weight is 362 g/mol. The third-order valence-electron chi connectivity index (χ3n) is 2.30. The number of rotatable bonds is 4. The lowest BCUT2D eigenvalue weighted by Crippen LogP contribution is -2.02. The van der Waals surface area contributed by atoms with E-state index in [4.69, 9.17) is 9.47 Å². The summed E-state index contributed by atoms with van der Waals surface area (Å²) in [6.45, 7) is 0. The van der Waals surface area contributed by atoms with E-state index in [1.54, 1.807) is 0 Å². The molecule has 21 heavy (non-hydrogen) atoms. The van der Waals surface area contributed by atoms with Crippen LogP contribution in [0, 0.1) is 21.7 Å². The third kappa shape index (κ3) is 3.05. The zero-order chi connectivity index (χ0) is 15.6. The molecule has 7 nitrogen and oxygen atoms in total. The van der Waals surface area contributed by atoms with Crippen LogP contribution >= 0.6 is 15.9 Å². The maximum absolute atomic E-state index is 13.6. The van der Waals surface area contributed by atoms with Gasteiger partial charge < -0.3 is 9.47 Å². The summed E-state index contributed by atoms with van der Waals surface area (Å²) < 4.78 is 36.8. The molecule has 1 heterocycles. The van der Waals surface area contributed by atoms with Gasteiger partial charge in [-0.15, -0.1) is 0 Å². The van der Waals surface area contributed by atoms with Gasteiger partial charge in [0.15, 0.2) is 11.6 Å². The summed E-state index contributed by atoms with van der Waals surface area (Å²) in [5.74, 6) is -3.97. The fourth-order valence-electron chi connectivity index (χ4n) is 1.44. The number of hydrogen-bond acceptors (Lipinski definition) is 6. The summed E-state index contributed by atoms with van der Waals surface area (Å²) in [4.78, 5) is 17.2. The molecule has 10 heteroatoms. The number of aromatic nitrogens is 2. The molecule has 0 aliphatic heterocycles. The third-order valence-corrected chi connectivity index (χ3v) is 2.76. The van der Waals surface area contributed by atoms with Crippen molar-refractivity contribution in [2.24, 2.45) is 0 Å². The number of halogens is 3. The van der Waals surface area contributed by atoms with E-state index in [2.05, 4.69) is 25.9 Å². The number of benzene rings is 1. The molecule has 110 valence electrons. The first kappa shape index (κ1) is 15.0. The normalized spacial score (nSPS) is 10.3. The van der Waals surface area contributed by atoms with Crippen molar-refractivity contribution < 1.29 is 23.2 Å². The van der Waals surface area contributed by atoms with Gasteiger partial charge in [-0.1, -0.05) is 15.9 Å². The number of nitro groups is 1. The van der Waals surface area contributed by atoms with Crippen LogP contribution < -0.4 is 9.47 Å². The van der Waals surface area contributed by atoms with E-state index in [9.17, 15) is 18.9 Å². The zero-order valence-electron chi connectivity index (χ0n) is 10.3. The van der Waals surface area contributed by atoms with E-state index < -0.39 is 33.9 Å². The van der Waals surface area contributed by atoms with Gasteiger partial charge >= 0.3 is 17.4 Å². The van der Waals surface area contributed by atoms with E-state index in [0.717, 1.165) is 18.5 Å². The molecule has 0 amide bonds. The first-order valence-corrected chi connectivity index (χ1v) is 6.09. The maximum atomic E-state index is 13.6. The Labute approximate surface area is 124 Å². The molecule has 0 aliphatic carbocycles. The fourth-order valence-corrected chi connectivity index (χ4v) is 1.85. The van der Waals surface area contributed by atoms with Crippen molar-refractivity contribution in [3.63, 3.8) is 0 Å². The molecule has 0 atom stereocenters. The first-order chi connectivity index (χ1) is 9.93. The molecular formula is C11H6BrF2N3O4. The molecule has 2 rings (SSSR count). The van der Waals surface area contributed by atoms with Gasteiger partial charge in [0.25, 0.3) is 0 Å². The Morgan fingerprint density at radius 3 is 2.57 bits per heavy atom. The van der Waals surface area contributed by atoms with E-state index in [1.807, 2.05) is 0 Å². The SMILES string of the molecule is COc1ncnc(Oc2cc(Br)cc(F)c2F)c1[N+](=O)[O-]. The predicted molar refractivity (Wildman–Crippen MR) is 69.4 cm³/mol. The number of methoxy groups -OCH3 is 1. The Bertz CT molecular complexity index is 714. The van der Waals surface area contributed by atoms with Crippen molar-refractivity contribution >= 4 is 21.6 Å². The van der Waals surface area contributed by atoms with Crippen LogP contribution in [-0.2, 0) is 0 Å². The topological polar surface area (TPSA) is 87.4 Å². The van der Waals surface area contributed by atoms with Crippen LogP contribution in [0.3, 0.4) is 0 Å². The highest BCUT2D eigenvalue weighted by Gasteiger charge is 2.27. The van der Waals surface area contributed by atoms with E-state index >= 15 is 0 Å². The van der Waals surface area contributed by atoms with E-state index in [1.165, 1.54) is 7.11 Å². The second kappa shape index (κ2) is 5.95. The first-order valence-electron chi connectivity index (χ1n) is 5.29. The number of hydrogen-bond donors (Lipinski definition) is 0. The van der Waals surface area contributed by atoms with Gasteiger partial charge in [-0.25, -0.2) is 4.39 Å². The molecule has 0 fully saturated rings. The van der Waals surface area contributed by atoms with Crippen LogP contribution in [0.2, 0.25) is 0 Å². The molecule has 2 aromatic rings. The molecule has 0 saturated carbocycles. The zero-order valence-corrected chi connectivity index (χ0v) is 11.9. The van der Waals surface area contributed by atoms with Crippen LogP contribution in [0.1, 0.15) is 0 Å². The van der Waals surface area contributed by atoms with Crippen molar-refractivity contribution in [1.82, 2.24) is 9.97 Å². The smallest absolute Gasteiger partial charge is 0.392 e. The van der Waals surface area contributed by atoms with Crippen LogP contribution in [0.25, 0.3) is 0 Å². The highest BCUT2D eigenvalue weighted by molar-refractivity contribution is 9.10. The summed E-state index contributed by atoms with van der Waals surface area (Å²) in [5.41, 5.74) is -0.695. The number of nitrogens with zero attached hydrogens (tertiary/aromatic N) is 3. The molecule has 0 radical (unpaired) electrons. The highest BCUT2D eigenvalue weighted by atomic mass is 79.9. The molecule has 0 aliphatic rings. The second-order valence-corrected chi connectivity index (χ2v) is 4.51. The monoisotopic (exact) mass is 361 g/mol. The minimum atomic E-state index is -1.30. The van der Waals surface area contributed by atoms with Gasteiger partial charge in [-0.05, 0) is 12.1 Å². The molecule has 0 spiro atoms. The van der Waals surface area contributed by atoms with Crippen LogP contribution in [0.15, 0.2) is 22.9 Å². The molecule has 0 bridgehead atoms. The molecule has 0 saturated heterocycles. The average Bonchev–Trinajstić information content (AvgIpc) is 2.43. The van der Waals surface area contributed by atoms with E-state index in [0.29, 0.717) is 0 Å². The highest BCUT2D eigenvalue weighted by Crippen LogP contribution is 2.37. The Kier molecular flexibility index (Phi) is 4.26. The molecular weight excluding hydrogens is 356 g/mol. The minimum Gasteiger partial charge on any atom is -0.476 e. The summed E-state index contributed by atoms with van der Waals surface area (Å²) in [7, 11) is 1.17. The quantitative estimate of drug-likeness (QED) is 0.472. The van der Waals surface area contributed by atoms with Crippen LogP contribution in [0.5, 0.6) is 17.5 Å². The molecule has 0 N–H and O–H groups in total. The Morgan fingerprint density at radius 2 is 1.95 bits per heavy atom. The Balaban J connectivity index is 2.52. The molecule has 1 aromatic heterocycles. The van der Waals surface area contributed by atoms with Crippen LogP contribution in [0.4, 0.5) is 14.5 Å². The van der Waals surface area contributed by atoms with Gasteiger partial charge in [0, 0.05) is 4.47 Å². The Morgan fingerprint density at radius 1 is 1.29 bits per heavy atom. The summed E-state index contributed by atoms with van der Waals surface area (Å²) in [6, 6.07) is 1.99. The lowest BCUT2D eigenvalue weighted by atomic mass is 10.3. The lowest BCUT2D eigenvalue weighted by molar-refractivity contribution is -0.387. The molecule has 1 aromatic carbocycles. The largest absolute Gasteiger partial charge is 0.476 e. The van der Waals surface area contributed by atoms with Crippen molar-refractivity contribution in [2.75, 3.05) is 7.11 Å². The maximum Gasteiger partial charge on any atom is 0.392 e. The van der Waals surface area contributed by atoms with Crippen molar-refractivity contribution in [3.05, 3.63) is 44.7 Å². The van der Waals surface area contributed by atoms with Gasteiger partial charge in [-0.2, -0.15) is 14.4 Å². The van der Waals surface area contributed by atoms with Gasteiger partial charge in [0.1, 0.15) is 6.33 Å². The van der Waals surface area contributed by atoms with Gasteiger partial charge in [0.2, 0.25) is 5.82 Å². The second-order valence-electron chi connectivity index (χ2n) is 3.60. The van der Waals surface area contributed by atoms with E-state index in [-0.39, 0.29) is 10.4 Å². The predicted octanol–water partition coefficient (Wildman–Crippen LogP) is 3.23. The lowest BCUT2D eigenvalue weighted by Gasteiger charge is -2.08. The van der Waals surface area contributed by atoms with Crippen molar-refractivity contribution in [3.8, 4) is 17.5 Å². The van der Waals surface area contributed by atoms with Gasteiger partial charge in [-0.3, -0.25) is 10.1 Å². The van der Waals surface area contributed by atoms with Gasteiger partial charge in [0.05, 0.1) is 12.0 Å². The Hall–Kier alpha value is -2.36. The van der Waals surface area contributed by atoms with Crippen molar-refractivity contribution in [2.45, 2.75) is 0 Å². The van der Waals surface area contributed by atoms with Crippen LogP contribution in [-0.4, -0.2) is 22.0 Å². The summed E-state index contributed by atoms with van der Waals surface area (Å²) in [6.07, 6.45) is 0.938. The number of ether oxygens (including phenoxy) is 2. The fraction of sp³-hybridized carbons (Fsp3) is 0.0909. The standard InChI is InChI=1S/C11H6BrF2N3O4/c1-20-10-9(17(18)19)11(16-4-15-10)21-7-3-5(12)2-6(13)8(7)14/h2-4H,1H3. The molecule has 0 unspecified atom stereocenters. The minimum absolute atomic E-state index is 0.195.